The molecule has 1 aliphatic heterocycles. The molecule has 0 spiro atoms. The third kappa shape index (κ3) is 4.88. The molecule has 0 aromatic heterocycles. The topological polar surface area (TPSA) is 114 Å². The first-order valence-corrected chi connectivity index (χ1v) is 8.50. The third-order valence-corrected chi connectivity index (χ3v) is 4.25. The van der Waals surface area contributed by atoms with Crippen LogP contribution in [0, 0.1) is 10.1 Å². The van der Waals surface area contributed by atoms with Gasteiger partial charge in [-0.15, -0.1) is 0 Å². The first-order chi connectivity index (χ1) is 13.0. The minimum Gasteiger partial charge on any atom is -0.507 e. The molecule has 1 heterocycles. The highest BCUT2D eigenvalue weighted by atomic mass is 16.7. The fourth-order valence-electron chi connectivity index (χ4n) is 2.75. The Labute approximate surface area is 155 Å². The first-order valence-electron chi connectivity index (χ1n) is 8.50. The van der Waals surface area contributed by atoms with Gasteiger partial charge in [0.25, 0.3) is 5.69 Å². The Hall–Kier alpha value is -2.81. The number of aromatic hydroxyl groups is 1. The largest absolute Gasteiger partial charge is 0.507 e. The van der Waals surface area contributed by atoms with Gasteiger partial charge in [-0.3, -0.25) is 15.1 Å². The molecule has 1 saturated heterocycles. The van der Waals surface area contributed by atoms with Crippen LogP contribution in [-0.2, 0) is 16.1 Å². The lowest BCUT2D eigenvalue weighted by Gasteiger charge is -2.32. The molecule has 3 atom stereocenters. The van der Waals surface area contributed by atoms with Gasteiger partial charge in [0.15, 0.2) is 6.29 Å². The number of nitrogens with zero attached hydrogens (tertiary/aromatic N) is 2. The highest BCUT2D eigenvalue weighted by Gasteiger charge is 2.33. The molecule has 8 nitrogen and oxygen atoms in total. The quantitative estimate of drug-likeness (QED) is 0.457. The van der Waals surface area contributed by atoms with Crippen molar-refractivity contribution in [1.82, 2.24) is 0 Å². The van der Waals surface area contributed by atoms with Crippen LogP contribution >= 0.6 is 0 Å². The number of phenols is 1. The predicted octanol–water partition coefficient (Wildman–Crippen LogP) is 2.41. The van der Waals surface area contributed by atoms with Crippen LogP contribution in [0.3, 0.4) is 0 Å². The van der Waals surface area contributed by atoms with Crippen molar-refractivity contribution in [2.24, 2.45) is 4.99 Å². The van der Waals surface area contributed by atoms with Gasteiger partial charge < -0.3 is 19.7 Å². The fourth-order valence-corrected chi connectivity index (χ4v) is 2.75. The van der Waals surface area contributed by atoms with E-state index in [9.17, 15) is 20.3 Å². The van der Waals surface area contributed by atoms with E-state index in [4.69, 9.17) is 9.47 Å². The number of non-ortho nitro benzene ring substituents is 1. The number of hydrogen-bond acceptors (Lipinski definition) is 7. The van der Waals surface area contributed by atoms with E-state index >= 15 is 0 Å². The van der Waals surface area contributed by atoms with Crippen LogP contribution in [0.2, 0.25) is 0 Å². The van der Waals surface area contributed by atoms with Crippen LogP contribution < -0.4 is 0 Å². The first kappa shape index (κ1) is 19.0. The maximum Gasteiger partial charge on any atom is 0.270 e. The molecule has 2 aromatic rings. The lowest BCUT2D eigenvalue weighted by molar-refractivity contribution is -0.384. The van der Waals surface area contributed by atoms with Crippen molar-refractivity contribution in [1.29, 1.82) is 0 Å². The summed E-state index contributed by atoms with van der Waals surface area (Å²) in [7, 11) is 0. The second-order valence-electron chi connectivity index (χ2n) is 6.16. The molecule has 2 N–H and O–H groups in total. The molecule has 0 amide bonds. The van der Waals surface area contributed by atoms with E-state index in [1.54, 1.807) is 0 Å². The SMILES string of the molecule is O=[N+]([O-])c1ccc(O)c(C=N[C@@H]2CCO[C@H](OCc3ccccc3)[C@H]2O)c1. The highest BCUT2D eigenvalue weighted by Crippen LogP contribution is 2.23. The van der Waals surface area contributed by atoms with E-state index in [0.29, 0.717) is 19.6 Å². The van der Waals surface area contributed by atoms with Gasteiger partial charge >= 0.3 is 0 Å². The molecule has 27 heavy (non-hydrogen) atoms. The summed E-state index contributed by atoms with van der Waals surface area (Å²) in [5.41, 5.74) is 1.02. The van der Waals surface area contributed by atoms with Crippen molar-refractivity contribution in [3.05, 3.63) is 69.8 Å². The smallest absolute Gasteiger partial charge is 0.270 e. The number of aliphatic imine (C=N–C) groups is 1. The van der Waals surface area contributed by atoms with Crippen LogP contribution in [0.15, 0.2) is 53.5 Å². The van der Waals surface area contributed by atoms with Crippen LogP contribution in [0.4, 0.5) is 5.69 Å². The standard InChI is InChI=1S/C19H20N2O6/c22-17-7-6-15(21(24)25)10-14(17)11-20-16-8-9-26-19(18(16)23)27-12-13-4-2-1-3-5-13/h1-7,10-11,16,18-19,22-23H,8-9,12H2/t16-,18+,19-/m1/s1. The predicted molar refractivity (Wildman–Crippen MR) is 97.7 cm³/mol. The summed E-state index contributed by atoms with van der Waals surface area (Å²) < 4.78 is 11.1. The van der Waals surface area contributed by atoms with Crippen molar-refractivity contribution in [3.8, 4) is 5.75 Å². The summed E-state index contributed by atoms with van der Waals surface area (Å²) in [4.78, 5) is 14.6. The number of ether oxygens (including phenoxy) is 2. The molecule has 0 bridgehead atoms. The lowest BCUT2D eigenvalue weighted by Crippen LogP contribution is -2.45. The molecule has 8 heteroatoms. The Morgan fingerprint density at radius 3 is 2.81 bits per heavy atom. The number of aliphatic hydroxyl groups excluding tert-OH is 1. The summed E-state index contributed by atoms with van der Waals surface area (Å²) in [6.45, 7) is 0.657. The maximum absolute atomic E-state index is 10.9. The van der Waals surface area contributed by atoms with Gasteiger partial charge in [-0.1, -0.05) is 30.3 Å². The van der Waals surface area contributed by atoms with Gasteiger partial charge in [0.2, 0.25) is 0 Å². The minimum absolute atomic E-state index is 0.122. The number of aliphatic hydroxyl groups is 1. The maximum atomic E-state index is 10.9. The average Bonchev–Trinajstić information content (AvgIpc) is 2.68. The van der Waals surface area contributed by atoms with E-state index in [0.717, 1.165) is 5.56 Å². The van der Waals surface area contributed by atoms with E-state index in [1.165, 1.54) is 24.4 Å². The molecule has 0 unspecified atom stereocenters. The summed E-state index contributed by atoms with van der Waals surface area (Å²) in [5, 5.41) is 31.2. The Bertz CT molecular complexity index is 811. The Kier molecular flexibility index (Phi) is 6.12. The van der Waals surface area contributed by atoms with Gasteiger partial charge in [0.1, 0.15) is 11.9 Å². The van der Waals surface area contributed by atoms with Crippen LogP contribution in [0.5, 0.6) is 5.75 Å². The van der Waals surface area contributed by atoms with Crippen molar-refractivity contribution >= 4 is 11.9 Å². The Morgan fingerprint density at radius 1 is 1.30 bits per heavy atom. The summed E-state index contributed by atoms with van der Waals surface area (Å²) >= 11 is 0. The van der Waals surface area contributed by atoms with E-state index in [-0.39, 0.29) is 17.0 Å². The number of hydrogen-bond donors (Lipinski definition) is 2. The van der Waals surface area contributed by atoms with Crippen molar-refractivity contribution in [2.75, 3.05) is 6.61 Å². The molecule has 1 aliphatic rings. The molecule has 0 saturated carbocycles. The molecule has 3 rings (SSSR count). The zero-order valence-corrected chi connectivity index (χ0v) is 14.5. The number of benzene rings is 2. The Morgan fingerprint density at radius 2 is 2.07 bits per heavy atom. The number of nitro groups is 1. The molecule has 0 radical (unpaired) electrons. The number of nitro benzene ring substituents is 1. The summed E-state index contributed by atoms with van der Waals surface area (Å²) in [6, 6.07) is 12.7. The number of phenolic OH excluding ortho intramolecular Hbond substituents is 1. The Balaban J connectivity index is 1.65. The molecular weight excluding hydrogens is 352 g/mol. The van der Waals surface area contributed by atoms with Gasteiger partial charge in [0.05, 0.1) is 24.2 Å². The summed E-state index contributed by atoms with van der Waals surface area (Å²) in [6.07, 6.45) is -0.00619. The highest BCUT2D eigenvalue weighted by molar-refractivity contribution is 5.84. The van der Waals surface area contributed by atoms with Gasteiger partial charge in [-0.05, 0) is 18.1 Å². The van der Waals surface area contributed by atoms with Crippen LogP contribution in [0.25, 0.3) is 0 Å². The van der Waals surface area contributed by atoms with Crippen molar-refractivity contribution in [3.63, 3.8) is 0 Å². The van der Waals surface area contributed by atoms with E-state index in [2.05, 4.69) is 4.99 Å². The minimum atomic E-state index is -0.987. The number of rotatable bonds is 6. The molecule has 1 fully saturated rings. The normalized spacial score (nSPS) is 22.8. The molecule has 0 aliphatic carbocycles. The average molecular weight is 372 g/mol. The second-order valence-corrected chi connectivity index (χ2v) is 6.16. The van der Waals surface area contributed by atoms with Crippen LogP contribution in [-0.4, -0.2) is 46.4 Å². The molecule has 2 aromatic carbocycles. The third-order valence-electron chi connectivity index (χ3n) is 4.25. The zero-order chi connectivity index (χ0) is 19.2. The zero-order valence-electron chi connectivity index (χ0n) is 14.5. The van der Waals surface area contributed by atoms with E-state index in [1.807, 2.05) is 30.3 Å². The van der Waals surface area contributed by atoms with Gasteiger partial charge in [-0.2, -0.15) is 0 Å². The van der Waals surface area contributed by atoms with Gasteiger partial charge in [0, 0.05) is 23.9 Å². The second kappa shape index (κ2) is 8.72. The lowest BCUT2D eigenvalue weighted by atomic mass is 10.1. The van der Waals surface area contributed by atoms with Crippen LogP contribution in [0.1, 0.15) is 17.5 Å². The van der Waals surface area contributed by atoms with Crippen molar-refractivity contribution in [2.45, 2.75) is 31.5 Å². The van der Waals surface area contributed by atoms with Crippen molar-refractivity contribution < 1.29 is 24.6 Å². The van der Waals surface area contributed by atoms with E-state index < -0.39 is 23.4 Å². The molecule has 142 valence electrons. The summed E-state index contributed by atoms with van der Waals surface area (Å²) in [5.74, 6) is -0.122. The van der Waals surface area contributed by atoms with Gasteiger partial charge in [-0.25, -0.2) is 0 Å². The monoisotopic (exact) mass is 372 g/mol. The fraction of sp³-hybridized carbons (Fsp3) is 0.316. The molecular formula is C19H20N2O6.